The molecular weight excluding hydrogens is 380 g/mol. The van der Waals surface area contributed by atoms with Crippen LogP contribution in [0, 0.1) is 0 Å². The smallest absolute Gasteiger partial charge is 0.303 e. The molecule has 0 bridgehead atoms. The normalized spacial score (nSPS) is 17.1. The predicted molar refractivity (Wildman–Crippen MR) is 116 cm³/mol. The second-order valence-corrected chi connectivity index (χ2v) is 7.64. The van der Waals surface area contributed by atoms with Crippen molar-refractivity contribution in [1.82, 2.24) is 0 Å². The van der Waals surface area contributed by atoms with Crippen LogP contribution in [0.25, 0.3) is 11.1 Å². The molecule has 0 unspecified atom stereocenters. The van der Waals surface area contributed by atoms with E-state index in [0.717, 1.165) is 48.2 Å². The number of anilines is 2. The maximum atomic E-state index is 13.4. The summed E-state index contributed by atoms with van der Waals surface area (Å²) in [6.07, 6.45) is 4.48. The Balaban J connectivity index is 1.53. The number of fused-ring (bicyclic) bond motifs is 2. The number of aliphatic carboxylic acids is 1. The van der Waals surface area contributed by atoms with E-state index in [1.807, 2.05) is 48.5 Å². The molecule has 2 aromatic rings. The molecule has 0 aromatic heterocycles. The summed E-state index contributed by atoms with van der Waals surface area (Å²) in [4.78, 5) is 38.4. The molecule has 2 amide bonds. The molecule has 2 aliphatic heterocycles. The molecule has 0 fully saturated rings. The summed E-state index contributed by atoms with van der Waals surface area (Å²) in [7, 11) is 0. The SMILES string of the molecule is O=C(O)CCCCCCCN1C(=O)/C(=C2/C(=O)Nc3ccccc32)c2ccccc21. The Labute approximate surface area is 175 Å². The Morgan fingerprint density at radius 1 is 0.833 bits per heavy atom. The van der Waals surface area contributed by atoms with Gasteiger partial charge in [-0.25, -0.2) is 0 Å². The summed E-state index contributed by atoms with van der Waals surface area (Å²) in [6, 6.07) is 15.0. The highest BCUT2D eigenvalue weighted by Gasteiger charge is 2.38. The van der Waals surface area contributed by atoms with E-state index in [1.54, 1.807) is 4.90 Å². The first kappa shape index (κ1) is 19.9. The van der Waals surface area contributed by atoms with Gasteiger partial charge in [-0.2, -0.15) is 0 Å². The zero-order valence-electron chi connectivity index (χ0n) is 16.7. The predicted octanol–water partition coefficient (Wildman–Crippen LogP) is 4.32. The molecule has 0 saturated carbocycles. The molecular formula is C24H24N2O4. The maximum absolute atomic E-state index is 13.4. The van der Waals surface area contributed by atoms with Gasteiger partial charge in [-0.15, -0.1) is 0 Å². The molecule has 6 nitrogen and oxygen atoms in total. The number of carbonyl (C=O) groups excluding carboxylic acids is 2. The fraction of sp³-hybridized carbons (Fsp3) is 0.292. The lowest BCUT2D eigenvalue weighted by molar-refractivity contribution is -0.137. The summed E-state index contributed by atoms with van der Waals surface area (Å²) in [5.41, 5.74) is 4.05. The third kappa shape index (κ3) is 3.73. The zero-order valence-corrected chi connectivity index (χ0v) is 16.7. The molecule has 0 radical (unpaired) electrons. The second-order valence-electron chi connectivity index (χ2n) is 7.64. The third-order valence-corrected chi connectivity index (χ3v) is 5.62. The number of unbranched alkanes of at least 4 members (excludes halogenated alkanes) is 4. The lowest BCUT2D eigenvalue weighted by Gasteiger charge is -2.17. The molecule has 0 aliphatic carbocycles. The molecule has 0 atom stereocenters. The largest absolute Gasteiger partial charge is 0.481 e. The fourth-order valence-corrected chi connectivity index (χ4v) is 4.19. The Kier molecular flexibility index (Phi) is 5.65. The third-order valence-electron chi connectivity index (χ3n) is 5.62. The Bertz CT molecular complexity index is 1040. The maximum Gasteiger partial charge on any atom is 0.303 e. The van der Waals surface area contributed by atoms with Crippen LogP contribution in [0.4, 0.5) is 11.4 Å². The lowest BCUT2D eigenvalue weighted by Crippen LogP contribution is -2.28. The number of carbonyl (C=O) groups is 3. The number of nitrogens with one attached hydrogen (secondary N) is 1. The average molecular weight is 404 g/mol. The van der Waals surface area contributed by atoms with E-state index in [-0.39, 0.29) is 18.2 Å². The Morgan fingerprint density at radius 3 is 2.30 bits per heavy atom. The molecule has 2 aromatic carbocycles. The molecule has 2 heterocycles. The zero-order chi connectivity index (χ0) is 21.1. The van der Waals surface area contributed by atoms with Crippen LogP contribution in [0.15, 0.2) is 48.5 Å². The summed E-state index contributed by atoms with van der Waals surface area (Å²) in [5, 5.41) is 11.6. The van der Waals surface area contributed by atoms with Crippen molar-refractivity contribution in [3.63, 3.8) is 0 Å². The highest BCUT2D eigenvalue weighted by molar-refractivity contribution is 6.49. The number of nitrogens with zero attached hydrogens (tertiary/aromatic N) is 1. The van der Waals surface area contributed by atoms with E-state index < -0.39 is 5.97 Å². The number of amides is 2. The van der Waals surface area contributed by atoms with Gasteiger partial charge in [-0.05, 0) is 25.0 Å². The molecule has 0 saturated heterocycles. The Morgan fingerprint density at radius 2 is 1.50 bits per heavy atom. The van der Waals surface area contributed by atoms with Gasteiger partial charge in [0, 0.05) is 29.8 Å². The molecule has 154 valence electrons. The molecule has 6 heteroatoms. The van der Waals surface area contributed by atoms with Crippen molar-refractivity contribution < 1.29 is 19.5 Å². The number of para-hydroxylation sites is 2. The molecule has 30 heavy (non-hydrogen) atoms. The van der Waals surface area contributed by atoms with Crippen LogP contribution in [-0.4, -0.2) is 29.4 Å². The van der Waals surface area contributed by atoms with Gasteiger partial charge in [0.05, 0.1) is 16.8 Å². The van der Waals surface area contributed by atoms with Crippen molar-refractivity contribution >= 4 is 40.3 Å². The number of carboxylic acids is 1. The minimum atomic E-state index is -0.757. The number of hydrogen-bond acceptors (Lipinski definition) is 3. The van der Waals surface area contributed by atoms with Gasteiger partial charge < -0.3 is 15.3 Å². The fourth-order valence-electron chi connectivity index (χ4n) is 4.19. The van der Waals surface area contributed by atoms with Crippen LogP contribution in [0.3, 0.4) is 0 Å². The van der Waals surface area contributed by atoms with Crippen molar-refractivity contribution in [3.05, 3.63) is 59.7 Å². The molecule has 2 aliphatic rings. The highest BCUT2D eigenvalue weighted by Crippen LogP contribution is 2.44. The first-order valence-corrected chi connectivity index (χ1v) is 10.4. The highest BCUT2D eigenvalue weighted by atomic mass is 16.4. The van der Waals surface area contributed by atoms with Crippen LogP contribution in [0.1, 0.15) is 49.7 Å². The van der Waals surface area contributed by atoms with Gasteiger partial charge in [0.1, 0.15) is 0 Å². The van der Waals surface area contributed by atoms with Crippen LogP contribution in [0.5, 0.6) is 0 Å². The summed E-state index contributed by atoms with van der Waals surface area (Å²) in [5.74, 6) is -1.13. The summed E-state index contributed by atoms with van der Waals surface area (Å²) in [6.45, 7) is 0.578. The summed E-state index contributed by atoms with van der Waals surface area (Å²) < 4.78 is 0. The minimum absolute atomic E-state index is 0.135. The number of carboxylic acid groups (broad SMARTS) is 1. The average Bonchev–Trinajstić information content (AvgIpc) is 3.20. The van der Waals surface area contributed by atoms with E-state index in [2.05, 4.69) is 5.32 Å². The van der Waals surface area contributed by atoms with Crippen LogP contribution < -0.4 is 10.2 Å². The molecule has 0 spiro atoms. The van der Waals surface area contributed by atoms with Gasteiger partial charge in [0.15, 0.2) is 0 Å². The van der Waals surface area contributed by atoms with Crippen molar-refractivity contribution in [1.29, 1.82) is 0 Å². The van der Waals surface area contributed by atoms with Gasteiger partial charge in [-0.3, -0.25) is 14.4 Å². The van der Waals surface area contributed by atoms with E-state index in [4.69, 9.17) is 5.11 Å². The number of rotatable bonds is 8. The van der Waals surface area contributed by atoms with Gasteiger partial charge in [-0.1, -0.05) is 55.7 Å². The van der Waals surface area contributed by atoms with Gasteiger partial charge in [0.2, 0.25) is 0 Å². The topological polar surface area (TPSA) is 86.7 Å². The van der Waals surface area contributed by atoms with Crippen LogP contribution in [-0.2, 0) is 14.4 Å². The van der Waals surface area contributed by atoms with E-state index in [0.29, 0.717) is 24.1 Å². The first-order valence-electron chi connectivity index (χ1n) is 10.4. The monoisotopic (exact) mass is 404 g/mol. The first-order chi connectivity index (χ1) is 14.6. The van der Waals surface area contributed by atoms with Gasteiger partial charge >= 0.3 is 5.97 Å². The van der Waals surface area contributed by atoms with E-state index >= 15 is 0 Å². The van der Waals surface area contributed by atoms with Crippen LogP contribution in [0.2, 0.25) is 0 Å². The standard InChI is InChI=1S/C24H24N2O4/c27-20(28)14-4-2-1-3-9-15-26-19-13-8-6-11-17(19)22(24(26)30)21-16-10-5-7-12-18(16)25-23(21)29/h5-8,10-13H,1-4,9,14-15H2,(H,25,29)(H,27,28)/b22-21+. The number of benzene rings is 2. The quantitative estimate of drug-likeness (QED) is 0.507. The lowest BCUT2D eigenvalue weighted by atomic mass is 9.96. The Hall–Kier alpha value is -3.41. The van der Waals surface area contributed by atoms with E-state index in [1.165, 1.54) is 0 Å². The molecule has 2 N–H and O–H groups in total. The second kappa shape index (κ2) is 8.53. The summed E-state index contributed by atoms with van der Waals surface area (Å²) >= 11 is 0. The van der Waals surface area contributed by atoms with Crippen molar-refractivity contribution in [3.8, 4) is 0 Å². The van der Waals surface area contributed by atoms with Crippen LogP contribution >= 0.6 is 0 Å². The van der Waals surface area contributed by atoms with Crippen molar-refractivity contribution in [2.45, 2.75) is 38.5 Å². The minimum Gasteiger partial charge on any atom is -0.481 e. The van der Waals surface area contributed by atoms with E-state index in [9.17, 15) is 14.4 Å². The number of hydrogen-bond donors (Lipinski definition) is 2. The van der Waals surface area contributed by atoms with Gasteiger partial charge in [0.25, 0.3) is 11.8 Å². The molecule has 4 rings (SSSR count). The van der Waals surface area contributed by atoms with Crippen molar-refractivity contribution in [2.75, 3.05) is 16.8 Å². The van der Waals surface area contributed by atoms with Crippen molar-refractivity contribution in [2.24, 2.45) is 0 Å².